The maximum atomic E-state index is 5.67. The van der Waals surface area contributed by atoms with Gasteiger partial charge >= 0.3 is 152 Å². The Hall–Kier alpha value is -1.66. The fourth-order valence-corrected chi connectivity index (χ4v) is 4.54. The van der Waals surface area contributed by atoms with Crippen molar-refractivity contribution in [3.8, 4) is 11.1 Å². The van der Waals surface area contributed by atoms with E-state index in [4.69, 9.17) is 4.42 Å². The van der Waals surface area contributed by atoms with Gasteiger partial charge in [0.25, 0.3) is 0 Å². The van der Waals surface area contributed by atoms with Gasteiger partial charge in [0.05, 0.1) is 0 Å². The Balaban J connectivity index is 1.98. The van der Waals surface area contributed by atoms with Crippen molar-refractivity contribution in [3.63, 3.8) is 0 Å². The monoisotopic (exact) mass is 375 g/mol. The summed E-state index contributed by atoms with van der Waals surface area (Å²) < 4.78 is 6.12. The van der Waals surface area contributed by atoms with E-state index >= 15 is 0 Å². The molecule has 111 valence electrons. The topological polar surface area (TPSA) is 13.1 Å². The molecule has 3 aromatic rings. The second-order valence-corrected chi connectivity index (χ2v) is 7.49. The molecule has 1 aliphatic rings. The van der Waals surface area contributed by atoms with Crippen molar-refractivity contribution >= 4 is 11.6 Å². The molecule has 1 unspecified atom stereocenters. The zero-order valence-corrected chi connectivity index (χ0v) is 15.7. The number of hydrogen-bond acceptors (Lipinski definition) is 1. The molecule has 0 fully saturated rings. The molecule has 0 radical (unpaired) electrons. The number of allylic oxidation sites excluding steroid dienone is 1. The summed E-state index contributed by atoms with van der Waals surface area (Å²) in [4.78, 5) is 0. The molecule has 1 aliphatic carbocycles. The molecule has 1 nitrogen and oxygen atoms in total. The normalized spacial score (nSPS) is 16.2. The van der Waals surface area contributed by atoms with Crippen LogP contribution in [0.1, 0.15) is 31.6 Å². The van der Waals surface area contributed by atoms with Crippen molar-refractivity contribution in [2.75, 3.05) is 0 Å². The summed E-state index contributed by atoms with van der Waals surface area (Å²) in [6.45, 7) is 4.45. The van der Waals surface area contributed by atoms with Gasteiger partial charge in [-0.25, -0.2) is 0 Å². The van der Waals surface area contributed by atoms with E-state index in [2.05, 4.69) is 62.4 Å². The van der Waals surface area contributed by atoms with Crippen molar-refractivity contribution < 1.29 is 29.1 Å². The van der Waals surface area contributed by atoms with E-state index < -0.39 is 0 Å². The second kappa shape index (κ2) is 5.76. The van der Waals surface area contributed by atoms with Crippen LogP contribution >= 0.6 is 0 Å². The van der Waals surface area contributed by atoms with Crippen molar-refractivity contribution in [1.29, 1.82) is 0 Å². The maximum absolute atomic E-state index is 5.67. The zero-order chi connectivity index (χ0) is 16.0. The summed E-state index contributed by atoms with van der Waals surface area (Å²) in [6.07, 6.45) is 4.10. The molecule has 2 heteroatoms. The fourth-order valence-electron chi connectivity index (χ4n) is 3.40. The van der Waals surface area contributed by atoms with Crippen LogP contribution in [0.3, 0.4) is 0 Å². The first kappa shape index (κ1) is 14.9. The summed E-state index contributed by atoms with van der Waals surface area (Å²) >= 11 is 1.50. The van der Waals surface area contributed by atoms with Gasteiger partial charge in [0.2, 0.25) is 0 Å². The molecule has 4 rings (SSSR count). The van der Waals surface area contributed by atoms with Gasteiger partial charge in [-0.3, -0.25) is 0 Å². The first-order valence-corrected chi connectivity index (χ1v) is 9.25. The number of benzene rings is 2. The molecule has 1 atom stereocenters. The van der Waals surface area contributed by atoms with Crippen LogP contribution < -0.4 is 0 Å². The second-order valence-electron chi connectivity index (χ2n) is 6.07. The minimum absolute atomic E-state index is 0.449. The van der Waals surface area contributed by atoms with Crippen LogP contribution in [0.5, 0.6) is 0 Å². The summed E-state index contributed by atoms with van der Waals surface area (Å²) in [7, 11) is 0. The molecular weight excluding hydrogens is 359 g/mol. The molecule has 0 N–H and O–H groups in total. The number of hydrogen-bond donors (Lipinski definition) is 0. The van der Waals surface area contributed by atoms with Gasteiger partial charge in [0.1, 0.15) is 0 Å². The van der Waals surface area contributed by atoms with E-state index in [0.717, 1.165) is 5.76 Å². The van der Waals surface area contributed by atoms with Crippen molar-refractivity contribution in [2.24, 2.45) is 0 Å². The third kappa shape index (κ3) is 2.41. The summed E-state index contributed by atoms with van der Waals surface area (Å²) in [5.74, 6) is 0.998. The molecule has 23 heavy (non-hydrogen) atoms. The first-order chi connectivity index (χ1) is 11.2. The van der Waals surface area contributed by atoms with Gasteiger partial charge in [0.15, 0.2) is 0 Å². The zero-order valence-electron chi connectivity index (χ0n) is 13.3. The number of aryl methyl sites for hydroxylation is 1. The van der Waals surface area contributed by atoms with Crippen LogP contribution in [0.4, 0.5) is 0 Å². The van der Waals surface area contributed by atoms with Crippen molar-refractivity contribution in [1.82, 2.24) is 0 Å². The average molecular weight is 377 g/mol. The SMILES string of the molecule is Cc1cc2c(c(-c3ccccc3)c1C)C=C(c1ccco1)[CH]2[Zr]. The van der Waals surface area contributed by atoms with Gasteiger partial charge < -0.3 is 0 Å². The van der Waals surface area contributed by atoms with Crippen molar-refractivity contribution in [2.45, 2.75) is 17.5 Å². The molecule has 0 bridgehead atoms. The predicted octanol–water partition coefficient (Wildman–Crippen LogP) is 5.71. The van der Waals surface area contributed by atoms with E-state index in [1.165, 1.54) is 63.7 Å². The molecular formula is C21H17OZr. The molecule has 0 saturated carbocycles. The van der Waals surface area contributed by atoms with Crippen LogP contribution in [0.25, 0.3) is 22.8 Å². The molecule has 0 amide bonds. The van der Waals surface area contributed by atoms with Crippen LogP contribution in [0.2, 0.25) is 0 Å². The van der Waals surface area contributed by atoms with E-state index in [9.17, 15) is 0 Å². The van der Waals surface area contributed by atoms with Gasteiger partial charge in [-0.15, -0.1) is 0 Å². The number of rotatable bonds is 2. The van der Waals surface area contributed by atoms with Crippen molar-refractivity contribution in [3.05, 3.63) is 82.8 Å². The van der Waals surface area contributed by atoms with Crippen LogP contribution in [-0.4, -0.2) is 0 Å². The molecule has 0 spiro atoms. The quantitative estimate of drug-likeness (QED) is 0.559. The summed E-state index contributed by atoms with van der Waals surface area (Å²) in [5.41, 5.74) is 9.52. The minimum atomic E-state index is 0.449. The van der Waals surface area contributed by atoms with E-state index in [1.54, 1.807) is 6.26 Å². The number of fused-ring (bicyclic) bond motifs is 1. The predicted molar refractivity (Wildman–Crippen MR) is 90.7 cm³/mol. The molecule has 0 aliphatic heterocycles. The van der Waals surface area contributed by atoms with E-state index in [-0.39, 0.29) is 0 Å². The van der Waals surface area contributed by atoms with E-state index in [1.807, 2.05) is 6.07 Å². The molecule has 0 saturated heterocycles. The van der Waals surface area contributed by atoms with Gasteiger partial charge in [-0.2, -0.15) is 0 Å². The van der Waals surface area contributed by atoms with Crippen LogP contribution in [-0.2, 0) is 24.7 Å². The standard InChI is InChI=1S/C21H17O.Zr/c1-14-11-17-12-18(20-9-6-10-22-20)13-19(17)21(15(14)2)16-7-4-3-5-8-16;/h3-13H,1-2H3;. The third-order valence-electron chi connectivity index (χ3n) is 4.71. The Kier molecular flexibility index (Phi) is 3.73. The Morgan fingerprint density at radius 2 is 1.78 bits per heavy atom. The molecule has 2 aromatic carbocycles. The number of furan rings is 1. The first-order valence-electron chi connectivity index (χ1n) is 7.83. The Labute approximate surface area is 151 Å². The summed E-state index contributed by atoms with van der Waals surface area (Å²) in [6, 6.07) is 17.1. The Morgan fingerprint density at radius 3 is 2.48 bits per heavy atom. The van der Waals surface area contributed by atoms with Gasteiger partial charge in [-0.1, -0.05) is 0 Å². The van der Waals surface area contributed by atoms with Gasteiger partial charge in [-0.05, 0) is 0 Å². The molecule has 1 heterocycles. The average Bonchev–Trinajstić information content (AvgIpc) is 3.19. The van der Waals surface area contributed by atoms with Crippen LogP contribution in [0.15, 0.2) is 59.2 Å². The van der Waals surface area contributed by atoms with E-state index in [0.29, 0.717) is 3.63 Å². The Bertz CT molecular complexity index is 889. The third-order valence-corrected chi connectivity index (χ3v) is 6.24. The van der Waals surface area contributed by atoms with Gasteiger partial charge in [0, 0.05) is 0 Å². The van der Waals surface area contributed by atoms with Crippen LogP contribution in [0, 0.1) is 13.8 Å². The fraction of sp³-hybridized carbons (Fsp3) is 0.143. The summed E-state index contributed by atoms with van der Waals surface area (Å²) in [5, 5.41) is 0. The Morgan fingerprint density at radius 1 is 1.00 bits per heavy atom. The molecule has 1 aromatic heterocycles.